The molecule has 2 aromatic rings. The van der Waals surface area contributed by atoms with Crippen molar-refractivity contribution in [2.75, 3.05) is 18.5 Å². The lowest BCUT2D eigenvalue weighted by Gasteiger charge is -2.25. The van der Waals surface area contributed by atoms with Gasteiger partial charge in [0, 0.05) is 18.3 Å². The number of hydrogen-bond donors (Lipinski definition) is 1. The Morgan fingerprint density at radius 3 is 2.62 bits per heavy atom. The number of fused-ring (bicyclic) bond motifs is 1. The van der Waals surface area contributed by atoms with Crippen molar-refractivity contribution >= 4 is 34.1 Å². The fourth-order valence-electron chi connectivity index (χ4n) is 3.15. The highest BCUT2D eigenvalue weighted by Crippen LogP contribution is 2.38. The van der Waals surface area contributed by atoms with Crippen LogP contribution < -0.4 is 10.1 Å². The van der Waals surface area contributed by atoms with E-state index in [0.717, 1.165) is 10.4 Å². The molecule has 7 nitrogen and oxygen atoms in total. The minimum Gasteiger partial charge on any atom is -0.481 e. The van der Waals surface area contributed by atoms with Gasteiger partial charge >= 0.3 is 5.97 Å². The van der Waals surface area contributed by atoms with Crippen LogP contribution in [0.5, 0.6) is 5.75 Å². The van der Waals surface area contributed by atoms with E-state index >= 15 is 0 Å². The molecule has 0 fully saturated rings. The fourth-order valence-corrected chi connectivity index (χ4v) is 4.40. The van der Waals surface area contributed by atoms with Gasteiger partial charge in [-0.05, 0) is 38.0 Å². The molecule has 1 unspecified atom stereocenters. The first-order chi connectivity index (χ1) is 13.9. The molecule has 0 saturated carbocycles. The monoisotopic (exact) mass is 416 g/mol. The van der Waals surface area contributed by atoms with Crippen LogP contribution in [0.2, 0.25) is 0 Å². The molecule has 0 spiro atoms. The molecule has 0 bridgehead atoms. The number of anilines is 1. The Balaban J connectivity index is 1.83. The number of carbonyl (C=O) groups is 3. The molecule has 1 aliphatic rings. The quantitative estimate of drug-likeness (QED) is 0.731. The highest BCUT2D eigenvalue weighted by molar-refractivity contribution is 7.17. The molecule has 1 aliphatic heterocycles. The molecule has 2 heterocycles. The smallest absolute Gasteiger partial charge is 0.341 e. The van der Waals surface area contributed by atoms with Crippen LogP contribution in [0.4, 0.5) is 5.00 Å². The van der Waals surface area contributed by atoms with Gasteiger partial charge in [0.05, 0.1) is 18.7 Å². The van der Waals surface area contributed by atoms with E-state index in [1.807, 2.05) is 18.2 Å². The molecule has 2 amide bonds. The first kappa shape index (κ1) is 20.9. The maximum Gasteiger partial charge on any atom is 0.341 e. The molecule has 3 rings (SSSR count). The second-order valence-electron chi connectivity index (χ2n) is 6.68. The van der Waals surface area contributed by atoms with Crippen molar-refractivity contribution in [3.05, 3.63) is 46.3 Å². The zero-order valence-electron chi connectivity index (χ0n) is 16.7. The molecular weight excluding hydrogens is 392 g/mol. The predicted octanol–water partition coefficient (Wildman–Crippen LogP) is 3.24. The standard InChI is InChI=1S/C21H24N2O5S/c1-4-27-21(26)18-16-10-11-23(14(3)24)12-17(16)29-20(18)22-19(25)13(2)28-15-8-6-5-7-9-15/h5-9,13H,4,10-12H2,1-3H3,(H,22,25). The number of ether oxygens (including phenoxy) is 2. The summed E-state index contributed by atoms with van der Waals surface area (Å²) in [6.45, 7) is 6.11. The van der Waals surface area contributed by atoms with Gasteiger partial charge in [0.15, 0.2) is 6.10 Å². The zero-order valence-corrected chi connectivity index (χ0v) is 17.5. The van der Waals surface area contributed by atoms with Crippen molar-refractivity contribution in [3.8, 4) is 5.75 Å². The lowest BCUT2D eigenvalue weighted by molar-refractivity contribution is -0.129. The Bertz CT molecular complexity index is 909. The Hall–Kier alpha value is -2.87. The van der Waals surface area contributed by atoms with E-state index in [2.05, 4.69) is 5.32 Å². The summed E-state index contributed by atoms with van der Waals surface area (Å²) in [6, 6.07) is 9.06. The summed E-state index contributed by atoms with van der Waals surface area (Å²) in [7, 11) is 0. The van der Waals surface area contributed by atoms with Crippen molar-refractivity contribution in [3.63, 3.8) is 0 Å². The molecular formula is C21H24N2O5S. The molecule has 1 N–H and O–H groups in total. The summed E-state index contributed by atoms with van der Waals surface area (Å²) < 4.78 is 10.9. The van der Waals surface area contributed by atoms with Gasteiger partial charge in [-0.2, -0.15) is 0 Å². The lowest BCUT2D eigenvalue weighted by Crippen LogP contribution is -2.34. The predicted molar refractivity (Wildman–Crippen MR) is 110 cm³/mol. The van der Waals surface area contributed by atoms with Gasteiger partial charge in [-0.15, -0.1) is 11.3 Å². The topological polar surface area (TPSA) is 84.9 Å². The molecule has 0 saturated heterocycles. The van der Waals surface area contributed by atoms with Crippen molar-refractivity contribution < 1.29 is 23.9 Å². The van der Waals surface area contributed by atoms with E-state index in [1.165, 1.54) is 18.3 Å². The van der Waals surface area contributed by atoms with Crippen molar-refractivity contribution in [2.24, 2.45) is 0 Å². The van der Waals surface area contributed by atoms with E-state index in [4.69, 9.17) is 9.47 Å². The third kappa shape index (κ3) is 4.76. The summed E-state index contributed by atoms with van der Waals surface area (Å²) in [5, 5.41) is 3.26. The number of hydrogen-bond acceptors (Lipinski definition) is 6. The summed E-state index contributed by atoms with van der Waals surface area (Å²) in [6.07, 6.45) is -0.203. The van der Waals surface area contributed by atoms with Crippen LogP contribution in [0.25, 0.3) is 0 Å². The maximum absolute atomic E-state index is 12.7. The molecule has 0 aliphatic carbocycles. The van der Waals surface area contributed by atoms with Crippen LogP contribution in [-0.2, 0) is 27.3 Å². The van der Waals surface area contributed by atoms with Crippen LogP contribution in [0, 0.1) is 0 Å². The van der Waals surface area contributed by atoms with Crippen LogP contribution in [0.3, 0.4) is 0 Å². The molecule has 29 heavy (non-hydrogen) atoms. The molecule has 8 heteroatoms. The molecule has 154 valence electrons. The normalized spacial score (nSPS) is 14.0. The first-order valence-electron chi connectivity index (χ1n) is 9.50. The molecule has 1 aromatic heterocycles. The lowest BCUT2D eigenvalue weighted by atomic mass is 10.0. The van der Waals surface area contributed by atoms with Crippen LogP contribution in [0.15, 0.2) is 30.3 Å². The van der Waals surface area contributed by atoms with Gasteiger partial charge < -0.3 is 19.7 Å². The first-order valence-corrected chi connectivity index (χ1v) is 10.3. The maximum atomic E-state index is 12.7. The highest BCUT2D eigenvalue weighted by atomic mass is 32.1. The fraction of sp³-hybridized carbons (Fsp3) is 0.381. The van der Waals surface area contributed by atoms with Crippen molar-refractivity contribution in [2.45, 2.75) is 39.8 Å². The van der Waals surface area contributed by atoms with Gasteiger partial charge in [0.1, 0.15) is 10.8 Å². The zero-order chi connectivity index (χ0) is 21.0. The summed E-state index contributed by atoms with van der Waals surface area (Å²) >= 11 is 1.31. The van der Waals surface area contributed by atoms with Gasteiger partial charge in [-0.3, -0.25) is 9.59 Å². The van der Waals surface area contributed by atoms with Gasteiger partial charge in [-0.25, -0.2) is 4.79 Å². The number of benzene rings is 1. The second kappa shape index (κ2) is 9.09. The second-order valence-corrected chi connectivity index (χ2v) is 7.79. The van der Waals surface area contributed by atoms with Crippen LogP contribution in [0.1, 0.15) is 41.6 Å². The Kier molecular flexibility index (Phi) is 6.53. The van der Waals surface area contributed by atoms with E-state index in [-0.39, 0.29) is 18.4 Å². The molecule has 1 aromatic carbocycles. The van der Waals surface area contributed by atoms with Crippen molar-refractivity contribution in [1.29, 1.82) is 0 Å². The summed E-state index contributed by atoms with van der Waals surface area (Å²) in [5.41, 5.74) is 1.23. The van der Waals surface area contributed by atoms with Gasteiger partial charge in [0.2, 0.25) is 5.91 Å². The van der Waals surface area contributed by atoms with E-state index in [1.54, 1.807) is 30.9 Å². The molecule has 1 atom stereocenters. The average Bonchev–Trinajstić information content (AvgIpc) is 3.05. The number of nitrogens with one attached hydrogen (secondary N) is 1. The third-order valence-electron chi connectivity index (χ3n) is 4.64. The SMILES string of the molecule is CCOC(=O)c1c(NC(=O)C(C)Oc2ccccc2)sc2c1CCN(C(C)=O)C2. The Labute approximate surface area is 173 Å². The number of carbonyl (C=O) groups excluding carboxylic acids is 3. The Morgan fingerprint density at radius 2 is 1.97 bits per heavy atom. The number of esters is 1. The number of para-hydroxylation sites is 1. The highest BCUT2D eigenvalue weighted by Gasteiger charge is 2.31. The van der Waals surface area contributed by atoms with Gasteiger partial charge in [-0.1, -0.05) is 18.2 Å². The minimum absolute atomic E-state index is 0.0165. The number of nitrogens with zero attached hydrogens (tertiary/aromatic N) is 1. The van der Waals surface area contributed by atoms with E-state index in [9.17, 15) is 14.4 Å². The van der Waals surface area contributed by atoms with Crippen LogP contribution >= 0.6 is 11.3 Å². The van der Waals surface area contributed by atoms with Crippen LogP contribution in [-0.4, -0.2) is 41.9 Å². The average molecular weight is 416 g/mol. The number of rotatable bonds is 6. The molecule has 0 radical (unpaired) electrons. The number of amides is 2. The largest absolute Gasteiger partial charge is 0.481 e. The minimum atomic E-state index is -0.750. The third-order valence-corrected chi connectivity index (χ3v) is 5.78. The van der Waals surface area contributed by atoms with E-state index < -0.39 is 12.1 Å². The van der Waals surface area contributed by atoms with Gasteiger partial charge in [0.25, 0.3) is 5.91 Å². The van der Waals surface area contributed by atoms with E-state index in [0.29, 0.717) is 35.8 Å². The summed E-state index contributed by atoms with van der Waals surface area (Å²) in [5.74, 6) is -0.254. The number of thiophene rings is 1. The summed E-state index contributed by atoms with van der Waals surface area (Å²) in [4.78, 5) is 39.6. The van der Waals surface area contributed by atoms with Crippen molar-refractivity contribution in [1.82, 2.24) is 4.90 Å². The Morgan fingerprint density at radius 1 is 1.24 bits per heavy atom.